The maximum absolute atomic E-state index is 13.8. The standard InChI is InChI=1S/C23H16F2N2O2/c1-29-22-13-21(14-6-8-15(24)9-7-14)27-20-11-10-16(12-18(20)22)26-23(28)17-4-2-3-5-19(17)25/h2-13H,1H3,(H,26,28). The lowest BCUT2D eigenvalue weighted by molar-refractivity contribution is 0.102. The number of carbonyl (C=O) groups is 1. The Hall–Kier alpha value is -3.80. The molecule has 0 bridgehead atoms. The lowest BCUT2D eigenvalue weighted by Crippen LogP contribution is -2.13. The van der Waals surface area contributed by atoms with Gasteiger partial charge >= 0.3 is 0 Å². The van der Waals surface area contributed by atoms with E-state index in [9.17, 15) is 13.6 Å². The van der Waals surface area contributed by atoms with Crippen molar-refractivity contribution in [2.24, 2.45) is 0 Å². The summed E-state index contributed by atoms with van der Waals surface area (Å²) in [5, 5.41) is 3.38. The molecule has 0 spiro atoms. The zero-order chi connectivity index (χ0) is 20.4. The van der Waals surface area contributed by atoms with Crippen molar-refractivity contribution in [1.29, 1.82) is 0 Å². The predicted molar refractivity (Wildman–Crippen MR) is 108 cm³/mol. The Balaban J connectivity index is 1.70. The zero-order valence-electron chi connectivity index (χ0n) is 15.4. The van der Waals surface area contributed by atoms with Crippen molar-refractivity contribution in [3.8, 4) is 17.0 Å². The van der Waals surface area contributed by atoms with Gasteiger partial charge in [0, 0.05) is 22.7 Å². The topological polar surface area (TPSA) is 51.2 Å². The number of nitrogens with one attached hydrogen (secondary N) is 1. The summed E-state index contributed by atoms with van der Waals surface area (Å²) >= 11 is 0. The van der Waals surface area contributed by atoms with Crippen LogP contribution < -0.4 is 10.1 Å². The van der Waals surface area contributed by atoms with Crippen molar-refractivity contribution in [2.45, 2.75) is 0 Å². The number of rotatable bonds is 4. The quantitative estimate of drug-likeness (QED) is 0.505. The molecule has 1 aromatic heterocycles. The first kappa shape index (κ1) is 18.6. The number of pyridine rings is 1. The molecule has 29 heavy (non-hydrogen) atoms. The number of ether oxygens (including phenoxy) is 1. The lowest BCUT2D eigenvalue weighted by Gasteiger charge is -2.11. The highest BCUT2D eigenvalue weighted by Crippen LogP contribution is 2.32. The molecule has 1 amide bonds. The SMILES string of the molecule is COc1cc(-c2ccc(F)cc2)nc2ccc(NC(=O)c3ccccc3F)cc12. The number of fused-ring (bicyclic) bond motifs is 1. The number of carbonyl (C=O) groups excluding carboxylic acids is 1. The summed E-state index contributed by atoms with van der Waals surface area (Å²) < 4.78 is 32.5. The highest BCUT2D eigenvalue weighted by Gasteiger charge is 2.13. The largest absolute Gasteiger partial charge is 0.496 e. The molecule has 4 rings (SSSR count). The van der Waals surface area contributed by atoms with E-state index in [0.717, 1.165) is 5.56 Å². The minimum absolute atomic E-state index is 0.0376. The first-order valence-corrected chi connectivity index (χ1v) is 8.86. The van der Waals surface area contributed by atoms with Gasteiger partial charge in [0.1, 0.15) is 17.4 Å². The average Bonchev–Trinajstić information content (AvgIpc) is 2.73. The third kappa shape index (κ3) is 3.78. The van der Waals surface area contributed by atoms with Gasteiger partial charge in [-0.2, -0.15) is 0 Å². The zero-order valence-corrected chi connectivity index (χ0v) is 15.4. The number of hydrogen-bond donors (Lipinski definition) is 1. The molecule has 144 valence electrons. The molecule has 0 aliphatic heterocycles. The monoisotopic (exact) mass is 390 g/mol. The van der Waals surface area contributed by atoms with Gasteiger partial charge in [0.2, 0.25) is 0 Å². The van der Waals surface area contributed by atoms with Gasteiger partial charge in [-0.3, -0.25) is 4.79 Å². The fraction of sp³-hybridized carbons (Fsp3) is 0.0435. The molecule has 0 aliphatic rings. The summed E-state index contributed by atoms with van der Waals surface area (Å²) in [5.41, 5.74) is 2.48. The molecular formula is C23H16F2N2O2. The van der Waals surface area contributed by atoms with Crippen LogP contribution in [0.3, 0.4) is 0 Å². The summed E-state index contributed by atoms with van der Waals surface area (Å²) in [4.78, 5) is 17.0. The van der Waals surface area contributed by atoms with E-state index in [1.165, 1.54) is 37.4 Å². The Morgan fingerprint density at radius 3 is 2.45 bits per heavy atom. The van der Waals surface area contributed by atoms with Gasteiger partial charge in [0.25, 0.3) is 5.91 Å². The molecule has 0 fully saturated rings. The molecular weight excluding hydrogens is 374 g/mol. The second-order valence-corrected chi connectivity index (χ2v) is 6.38. The smallest absolute Gasteiger partial charge is 0.258 e. The number of hydrogen-bond acceptors (Lipinski definition) is 3. The van der Waals surface area contributed by atoms with Gasteiger partial charge in [-0.1, -0.05) is 12.1 Å². The Kier molecular flexibility index (Phi) is 4.91. The van der Waals surface area contributed by atoms with Crippen molar-refractivity contribution in [3.05, 3.63) is 90.0 Å². The third-order valence-corrected chi connectivity index (χ3v) is 4.51. The van der Waals surface area contributed by atoms with Crippen LogP contribution in [0.2, 0.25) is 0 Å². The maximum atomic E-state index is 13.8. The van der Waals surface area contributed by atoms with Crippen LogP contribution in [-0.4, -0.2) is 18.0 Å². The molecule has 0 radical (unpaired) electrons. The maximum Gasteiger partial charge on any atom is 0.258 e. The van der Waals surface area contributed by atoms with E-state index < -0.39 is 11.7 Å². The number of amides is 1. The molecule has 0 aliphatic carbocycles. The highest BCUT2D eigenvalue weighted by atomic mass is 19.1. The molecule has 0 saturated carbocycles. The summed E-state index contributed by atoms with van der Waals surface area (Å²) in [5.74, 6) is -0.903. The van der Waals surface area contributed by atoms with Crippen LogP contribution in [0.5, 0.6) is 5.75 Å². The molecule has 4 aromatic rings. The van der Waals surface area contributed by atoms with Crippen LogP contribution in [-0.2, 0) is 0 Å². The third-order valence-electron chi connectivity index (χ3n) is 4.51. The van der Waals surface area contributed by atoms with Gasteiger partial charge in [0.15, 0.2) is 0 Å². The van der Waals surface area contributed by atoms with Gasteiger partial charge in [-0.15, -0.1) is 0 Å². The second kappa shape index (κ2) is 7.67. The van der Waals surface area contributed by atoms with Crippen LogP contribution in [0.1, 0.15) is 10.4 Å². The Morgan fingerprint density at radius 1 is 0.966 bits per heavy atom. The Morgan fingerprint density at radius 2 is 1.72 bits per heavy atom. The van der Waals surface area contributed by atoms with E-state index in [4.69, 9.17) is 4.74 Å². The van der Waals surface area contributed by atoms with E-state index in [-0.39, 0.29) is 11.4 Å². The normalized spacial score (nSPS) is 10.7. The number of nitrogens with zero attached hydrogens (tertiary/aromatic N) is 1. The average molecular weight is 390 g/mol. The first-order chi connectivity index (χ1) is 14.0. The second-order valence-electron chi connectivity index (χ2n) is 6.38. The molecule has 1 N–H and O–H groups in total. The van der Waals surface area contributed by atoms with Crippen LogP contribution in [0, 0.1) is 11.6 Å². The highest BCUT2D eigenvalue weighted by molar-refractivity contribution is 6.05. The fourth-order valence-corrected chi connectivity index (χ4v) is 3.05. The minimum atomic E-state index is -0.589. The number of aromatic nitrogens is 1. The Bertz CT molecular complexity index is 1210. The van der Waals surface area contributed by atoms with Crippen LogP contribution in [0.15, 0.2) is 72.8 Å². The predicted octanol–water partition coefficient (Wildman–Crippen LogP) is 5.44. The molecule has 0 saturated heterocycles. The van der Waals surface area contributed by atoms with E-state index in [1.54, 1.807) is 42.5 Å². The van der Waals surface area contributed by atoms with E-state index >= 15 is 0 Å². The first-order valence-electron chi connectivity index (χ1n) is 8.86. The Labute approximate surface area is 165 Å². The molecule has 3 aromatic carbocycles. The van der Waals surface area contributed by atoms with E-state index in [0.29, 0.717) is 28.0 Å². The van der Waals surface area contributed by atoms with Crippen molar-refractivity contribution in [3.63, 3.8) is 0 Å². The molecule has 0 unspecified atom stereocenters. The molecule has 0 atom stereocenters. The van der Waals surface area contributed by atoms with Crippen molar-refractivity contribution in [2.75, 3.05) is 12.4 Å². The van der Waals surface area contributed by atoms with Gasteiger partial charge in [-0.05, 0) is 54.6 Å². The summed E-state index contributed by atoms with van der Waals surface area (Å²) in [6.07, 6.45) is 0. The fourth-order valence-electron chi connectivity index (χ4n) is 3.05. The number of anilines is 1. The van der Waals surface area contributed by atoms with Crippen molar-refractivity contribution < 1.29 is 18.3 Å². The van der Waals surface area contributed by atoms with E-state index in [1.807, 2.05) is 0 Å². The van der Waals surface area contributed by atoms with Gasteiger partial charge in [-0.25, -0.2) is 13.8 Å². The molecule has 1 heterocycles. The van der Waals surface area contributed by atoms with Crippen molar-refractivity contribution >= 4 is 22.5 Å². The van der Waals surface area contributed by atoms with E-state index in [2.05, 4.69) is 10.3 Å². The number of benzene rings is 3. The van der Waals surface area contributed by atoms with Crippen molar-refractivity contribution in [1.82, 2.24) is 4.98 Å². The summed E-state index contributed by atoms with van der Waals surface area (Å²) in [6.45, 7) is 0. The van der Waals surface area contributed by atoms with Gasteiger partial charge in [0.05, 0.1) is 23.9 Å². The number of halogens is 2. The molecule has 4 nitrogen and oxygen atoms in total. The van der Waals surface area contributed by atoms with Crippen LogP contribution in [0.4, 0.5) is 14.5 Å². The molecule has 6 heteroatoms. The lowest BCUT2D eigenvalue weighted by atomic mass is 10.1. The van der Waals surface area contributed by atoms with Gasteiger partial charge < -0.3 is 10.1 Å². The van der Waals surface area contributed by atoms with Crippen LogP contribution in [0.25, 0.3) is 22.2 Å². The minimum Gasteiger partial charge on any atom is -0.496 e. The van der Waals surface area contributed by atoms with Crippen LogP contribution >= 0.6 is 0 Å². The number of methoxy groups -OCH3 is 1. The summed E-state index contributed by atoms with van der Waals surface area (Å²) in [7, 11) is 1.54. The summed E-state index contributed by atoms with van der Waals surface area (Å²) in [6, 6.07) is 18.7.